The van der Waals surface area contributed by atoms with Crippen molar-refractivity contribution in [2.75, 3.05) is 10.2 Å². The predicted octanol–water partition coefficient (Wildman–Crippen LogP) is 2.14. The van der Waals surface area contributed by atoms with Crippen LogP contribution >= 0.6 is 15.9 Å². The first-order valence-electron chi connectivity index (χ1n) is 4.95. The molecule has 5 heteroatoms. The lowest BCUT2D eigenvalue weighted by Gasteiger charge is -2.22. The minimum Gasteiger partial charge on any atom is -0.324 e. The van der Waals surface area contributed by atoms with Gasteiger partial charge in [-0.2, -0.15) is 0 Å². The highest BCUT2D eigenvalue weighted by molar-refractivity contribution is 9.10. The van der Waals surface area contributed by atoms with Crippen LogP contribution < -0.4 is 10.2 Å². The number of hydrogen-bond donors (Lipinski definition) is 1. The Kier molecular flexibility index (Phi) is 2.96. The van der Waals surface area contributed by atoms with Crippen LogP contribution in [0.1, 0.15) is 13.3 Å². The molecule has 1 heterocycles. The Morgan fingerprint density at radius 3 is 3.00 bits per heavy atom. The van der Waals surface area contributed by atoms with Crippen LogP contribution in [0, 0.1) is 0 Å². The summed E-state index contributed by atoms with van der Waals surface area (Å²) in [6, 6.07) is 5.31. The van der Waals surface area contributed by atoms with E-state index >= 15 is 0 Å². The summed E-state index contributed by atoms with van der Waals surface area (Å²) in [4.78, 5) is 24.2. The SMILES string of the molecule is C[C@H]1CC(=O)Nc2ccc(Br)cc2N1C=O. The van der Waals surface area contributed by atoms with Crippen molar-refractivity contribution in [2.45, 2.75) is 19.4 Å². The maximum atomic E-state index is 11.5. The molecule has 0 aliphatic carbocycles. The van der Waals surface area contributed by atoms with E-state index in [1.54, 1.807) is 11.0 Å². The Balaban J connectivity index is 2.54. The molecule has 84 valence electrons. The number of halogens is 1. The standard InChI is InChI=1S/C11H11BrN2O2/c1-7-4-11(16)13-9-3-2-8(12)5-10(9)14(7)6-15/h2-3,5-7H,4H2,1H3,(H,13,16)/t7-/m0/s1. The molecule has 0 saturated heterocycles. The molecule has 1 N–H and O–H groups in total. The van der Waals surface area contributed by atoms with E-state index in [-0.39, 0.29) is 11.9 Å². The number of hydrogen-bond acceptors (Lipinski definition) is 2. The second-order valence-corrected chi connectivity index (χ2v) is 4.69. The van der Waals surface area contributed by atoms with E-state index in [2.05, 4.69) is 21.2 Å². The fourth-order valence-electron chi connectivity index (χ4n) is 1.79. The molecule has 16 heavy (non-hydrogen) atoms. The zero-order chi connectivity index (χ0) is 11.7. The van der Waals surface area contributed by atoms with Gasteiger partial charge >= 0.3 is 0 Å². The second kappa shape index (κ2) is 4.25. The number of nitrogens with one attached hydrogen (secondary N) is 1. The molecule has 0 spiro atoms. The smallest absolute Gasteiger partial charge is 0.226 e. The maximum Gasteiger partial charge on any atom is 0.226 e. The van der Waals surface area contributed by atoms with Gasteiger partial charge in [-0.15, -0.1) is 0 Å². The number of fused-ring (bicyclic) bond motifs is 1. The molecule has 1 aliphatic heterocycles. The summed E-state index contributed by atoms with van der Waals surface area (Å²) < 4.78 is 0.876. The first kappa shape index (κ1) is 11.1. The summed E-state index contributed by atoms with van der Waals surface area (Å²) in [6.45, 7) is 1.85. The van der Waals surface area contributed by atoms with Gasteiger partial charge in [-0.1, -0.05) is 15.9 Å². The van der Waals surface area contributed by atoms with Crippen LogP contribution in [-0.4, -0.2) is 18.4 Å². The summed E-state index contributed by atoms with van der Waals surface area (Å²) >= 11 is 3.35. The molecule has 0 saturated carbocycles. The number of anilines is 2. The first-order chi connectivity index (χ1) is 7.61. The Hall–Kier alpha value is -1.36. The van der Waals surface area contributed by atoms with Crippen molar-refractivity contribution < 1.29 is 9.59 Å². The lowest BCUT2D eigenvalue weighted by atomic mass is 10.2. The summed E-state index contributed by atoms with van der Waals surface area (Å²) in [5.41, 5.74) is 1.40. The second-order valence-electron chi connectivity index (χ2n) is 3.78. The van der Waals surface area contributed by atoms with Gasteiger partial charge in [0.1, 0.15) is 0 Å². The van der Waals surface area contributed by atoms with Crippen LogP contribution in [0.5, 0.6) is 0 Å². The Bertz CT molecular complexity index is 448. The third-order valence-electron chi connectivity index (χ3n) is 2.58. The molecule has 2 rings (SSSR count). The third-order valence-corrected chi connectivity index (χ3v) is 3.07. The molecule has 1 atom stereocenters. The molecular formula is C11H11BrN2O2. The normalized spacial score (nSPS) is 19.8. The van der Waals surface area contributed by atoms with E-state index < -0.39 is 0 Å². The van der Waals surface area contributed by atoms with Crippen LogP contribution in [0.25, 0.3) is 0 Å². The van der Waals surface area contributed by atoms with Gasteiger partial charge in [-0.3, -0.25) is 9.59 Å². The molecule has 2 amide bonds. The van der Waals surface area contributed by atoms with E-state index in [9.17, 15) is 9.59 Å². The fraction of sp³-hybridized carbons (Fsp3) is 0.273. The molecule has 0 fully saturated rings. The predicted molar refractivity (Wildman–Crippen MR) is 65.4 cm³/mol. The lowest BCUT2D eigenvalue weighted by molar-refractivity contribution is -0.116. The average Bonchev–Trinajstić information content (AvgIpc) is 2.33. The van der Waals surface area contributed by atoms with Gasteiger partial charge in [0, 0.05) is 16.9 Å². The van der Waals surface area contributed by atoms with Gasteiger partial charge in [0.2, 0.25) is 12.3 Å². The van der Waals surface area contributed by atoms with E-state index in [0.717, 1.165) is 16.6 Å². The quantitative estimate of drug-likeness (QED) is 0.803. The van der Waals surface area contributed by atoms with E-state index in [0.29, 0.717) is 12.1 Å². The summed E-state index contributed by atoms with van der Waals surface area (Å²) in [7, 11) is 0. The fourth-order valence-corrected chi connectivity index (χ4v) is 2.14. The molecule has 4 nitrogen and oxygen atoms in total. The minimum atomic E-state index is -0.131. The van der Waals surface area contributed by atoms with Gasteiger partial charge in [0.25, 0.3) is 0 Å². The number of carbonyl (C=O) groups excluding carboxylic acids is 2. The molecule has 0 bridgehead atoms. The first-order valence-corrected chi connectivity index (χ1v) is 5.74. The van der Waals surface area contributed by atoms with Gasteiger partial charge in [0.05, 0.1) is 11.4 Å². The topological polar surface area (TPSA) is 49.4 Å². The van der Waals surface area contributed by atoms with Gasteiger partial charge in [0.15, 0.2) is 0 Å². The number of rotatable bonds is 1. The minimum absolute atomic E-state index is 0.0691. The van der Waals surface area contributed by atoms with Crippen molar-refractivity contribution in [1.82, 2.24) is 0 Å². The highest BCUT2D eigenvalue weighted by atomic mass is 79.9. The molecule has 0 radical (unpaired) electrons. The zero-order valence-electron chi connectivity index (χ0n) is 8.74. The molecule has 1 aromatic carbocycles. The average molecular weight is 283 g/mol. The monoisotopic (exact) mass is 282 g/mol. The Morgan fingerprint density at radius 1 is 1.56 bits per heavy atom. The Morgan fingerprint density at radius 2 is 2.31 bits per heavy atom. The number of nitrogens with zero attached hydrogens (tertiary/aromatic N) is 1. The van der Waals surface area contributed by atoms with Gasteiger partial charge < -0.3 is 10.2 Å². The number of benzene rings is 1. The molecule has 0 aromatic heterocycles. The van der Waals surface area contributed by atoms with Crippen LogP contribution in [-0.2, 0) is 9.59 Å². The van der Waals surface area contributed by atoms with Gasteiger partial charge in [-0.25, -0.2) is 0 Å². The maximum absolute atomic E-state index is 11.5. The van der Waals surface area contributed by atoms with E-state index in [1.807, 2.05) is 19.1 Å². The number of carbonyl (C=O) groups is 2. The molecular weight excluding hydrogens is 272 g/mol. The van der Waals surface area contributed by atoms with E-state index in [1.165, 1.54) is 0 Å². The summed E-state index contributed by atoms with van der Waals surface area (Å²) in [5.74, 6) is -0.0691. The highest BCUT2D eigenvalue weighted by Crippen LogP contribution is 2.32. The molecule has 1 aliphatic rings. The van der Waals surface area contributed by atoms with Crippen molar-refractivity contribution in [3.05, 3.63) is 22.7 Å². The van der Waals surface area contributed by atoms with Crippen molar-refractivity contribution in [1.29, 1.82) is 0 Å². The molecule has 0 unspecified atom stereocenters. The zero-order valence-corrected chi connectivity index (χ0v) is 10.3. The van der Waals surface area contributed by atoms with Crippen molar-refractivity contribution in [3.63, 3.8) is 0 Å². The Labute approximate surface area is 102 Å². The summed E-state index contributed by atoms with van der Waals surface area (Å²) in [5, 5.41) is 2.78. The van der Waals surface area contributed by atoms with Crippen molar-refractivity contribution in [2.24, 2.45) is 0 Å². The largest absolute Gasteiger partial charge is 0.324 e. The van der Waals surface area contributed by atoms with Crippen LogP contribution in [0.3, 0.4) is 0 Å². The lowest BCUT2D eigenvalue weighted by Crippen LogP contribution is -2.32. The highest BCUT2D eigenvalue weighted by Gasteiger charge is 2.24. The van der Waals surface area contributed by atoms with Crippen molar-refractivity contribution >= 4 is 39.6 Å². The van der Waals surface area contributed by atoms with Gasteiger partial charge in [-0.05, 0) is 25.1 Å². The van der Waals surface area contributed by atoms with Crippen molar-refractivity contribution in [3.8, 4) is 0 Å². The summed E-state index contributed by atoms with van der Waals surface area (Å²) in [6.07, 6.45) is 1.07. The molecule has 1 aromatic rings. The van der Waals surface area contributed by atoms with Crippen LogP contribution in [0.4, 0.5) is 11.4 Å². The van der Waals surface area contributed by atoms with E-state index in [4.69, 9.17) is 0 Å². The van der Waals surface area contributed by atoms with Crippen LogP contribution in [0.15, 0.2) is 22.7 Å². The third kappa shape index (κ3) is 1.95. The van der Waals surface area contributed by atoms with Crippen LogP contribution in [0.2, 0.25) is 0 Å². The number of amides is 2.